The molecule has 114 valence electrons. The largest absolute Gasteiger partial charge is 0.369 e. The molecule has 0 saturated heterocycles. The molecule has 0 spiro atoms. The molecule has 2 aromatic rings. The molecule has 0 aliphatic carbocycles. The minimum absolute atomic E-state index is 0. The molecule has 0 saturated carbocycles. The molecule has 0 radical (unpaired) electrons. The molecule has 1 aromatic heterocycles. The molecule has 0 fully saturated rings. The van der Waals surface area contributed by atoms with E-state index in [9.17, 15) is 9.59 Å². The van der Waals surface area contributed by atoms with Crippen LogP contribution >= 0.6 is 0 Å². The monoisotopic (exact) mass is 289 g/mol. The third-order valence-corrected chi connectivity index (χ3v) is 3.50. The number of hydrogen-bond acceptors (Lipinski definition) is 3. The lowest BCUT2D eigenvalue weighted by Crippen LogP contribution is -2.25. The second-order valence-corrected chi connectivity index (χ2v) is 5.89. The average molecular weight is 289 g/mol. The summed E-state index contributed by atoms with van der Waals surface area (Å²) in [6.45, 7) is 8.20. The third kappa shape index (κ3) is 2.96. The van der Waals surface area contributed by atoms with E-state index in [1.807, 2.05) is 32.0 Å². The van der Waals surface area contributed by atoms with Crippen LogP contribution in [0.4, 0.5) is 0 Å². The molecule has 1 amide bonds. The fraction of sp³-hybridized carbons (Fsp3) is 0.438. The van der Waals surface area contributed by atoms with Gasteiger partial charge < -0.3 is 5.73 Å². The first-order chi connectivity index (χ1) is 9.81. The van der Waals surface area contributed by atoms with Crippen molar-refractivity contribution >= 4 is 16.8 Å². The lowest BCUT2D eigenvalue weighted by molar-refractivity contribution is -0.117. The smallest absolute Gasteiger partial charge is 0.223 e. The molecule has 2 rings (SSSR count). The van der Waals surface area contributed by atoms with Crippen molar-refractivity contribution in [3.8, 4) is 0 Å². The number of rotatable bonds is 4. The van der Waals surface area contributed by atoms with Crippen molar-refractivity contribution in [2.45, 2.75) is 46.1 Å². The Bertz CT molecular complexity index is 751. The van der Waals surface area contributed by atoms with E-state index in [1.165, 1.54) is 0 Å². The standard InChI is InChI=1S/C16H21N3O2.H2/c1-9(2)11-5-6-12-14(7-11)19(10(3)4)18-13(16(12)21)8-15(17)20;/h5-7,9-10H,8H2,1-4H3,(H2,17,20);1H. The number of hydrogen-bond donors (Lipinski definition) is 1. The maximum Gasteiger partial charge on any atom is 0.223 e. The van der Waals surface area contributed by atoms with Gasteiger partial charge in [0.15, 0.2) is 0 Å². The Morgan fingerprint density at radius 2 is 2.00 bits per heavy atom. The lowest BCUT2D eigenvalue weighted by Gasteiger charge is -2.16. The molecule has 1 aromatic carbocycles. The van der Waals surface area contributed by atoms with E-state index >= 15 is 0 Å². The van der Waals surface area contributed by atoms with Gasteiger partial charge >= 0.3 is 0 Å². The van der Waals surface area contributed by atoms with Gasteiger partial charge in [-0.15, -0.1) is 0 Å². The van der Waals surface area contributed by atoms with Crippen molar-refractivity contribution in [2.75, 3.05) is 0 Å². The Kier molecular flexibility index (Phi) is 4.11. The van der Waals surface area contributed by atoms with Gasteiger partial charge in [0.25, 0.3) is 0 Å². The van der Waals surface area contributed by atoms with Gasteiger partial charge in [-0.05, 0) is 37.5 Å². The summed E-state index contributed by atoms with van der Waals surface area (Å²) >= 11 is 0. The predicted molar refractivity (Wildman–Crippen MR) is 85.5 cm³/mol. The molecular formula is C16H23N3O2. The van der Waals surface area contributed by atoms with Crippen molar-refractivity contribution in [1.29, 1.82) is 0 Å². The van der Waals surface area contributed by atoms with E-state index in [0.717, 1.165) is 11.1 Å². The normalized spacial score (nSPS) is 11.5. The van der Waals surface area contributed by atoms with Crippen LogP contribution in [0.5, 0.6) is 0 Å². The summed E-state index contributed by atoms with van der Waals surface area (Å²) in [4.78, 5) is 23.6. The first kappa shape index (κ1) is 15.2. The third-order valence-electron chi connectivity index (χ3n) is 3.50. The minimum Gasteiger partial charge on any atom is -0.369 e. The predicted octanol–water partition coefficient (Wildman–Crippen LogP) is 2.37. The van der Waals surface area contributed by atoms with E-state index in [-0.39, 0.29) is 25.0 Å². The Hall–Kier alpha value is -2.17. The lowest BCUT2D eigenvalue weighted by atomic mass is 10.0. The molecule has 2 N–H and O–H groups in total. The molecular weight excluding hydrogens is 266 g/mol. The highest BCUT2D eigenvalue weighted by molar-refractivity contribution is 5.82. The maximum atomic E-state index is 12.4. The highest BCUT2D eigenvalue weighted by Crippen LogP contribution is 2.21. The van der Waals surface area contributed by atoms with Crippen LogP contribution in [0.15, 0.2) is 23.0 Å². The fourth-order valence-electron chi connectivity index (χ4n) is 2.35. The Labute approximate surface area is 125 Å². The van der Waals surface area contributed by atoms with Gasteiger partial charge in [0.05, 0.1) is 11.9 Å². The minimum atomic E-state index is -0.548. The second-order valence-electron chi connectivity index (χ2n) is 5.89. The topological polar surface area (TPSA) is 78.0 Å². The number of carbonyl (C=O) groups is 1. The van der Waals surface area contributed by atoms with Crippen LogP contribution < -0.4 is 11.2 Å². The molecule has 5 heteroatoms. The van der Waals surface area contributed by atoms with E-state index in [4.69, 9.17) is 5.73 Å². The Morgan fingerprint density at radius 1 is 1.33 bits per heavy atom. The molecule has 0 aliphatic heterocycles. The number of carbonyl (C=O) groups excluding carboxylic acids is 1. The van der Waals surface area contributed by atoms with Gasteiger partial charge in [0, 0.05) is 12.9 Å². The number of amides is 1. The summed E-state index contributed by atoms with van der Waals surface area (Å²) < 4.78 is 1.79. The van der Waals surface area contributed by atoms with Crippen LogP contribution in [0.25, 0.3) is 10.9 Å². The van der Waals surface area contributed by atoms with Crippen molar-refractivity contribution in [2.24, 2.45) is 5.73 Å². The molecule has 1 heterocycles. The molecule has 0 unspecified atom stereocenters. The Balaban J connectivity index is 0.00000242. The van der Waals surface area contributed by atoms with Crippen molar-refractivity contribution in [3.63, 3.8) is 0 Å². The molecule has 5 nitrogen and oxygen atoms in total. The van der Waals surface area contributed by atoms with Gasteiger partial charge in [0.1, 0.15) is 5.69 Å². The number of nitrogens with zero attached hydrogens (tertiary/aromatic N) is 2. The van der Waals surface area contributed by atoms with E-state index in [0.29, 0.717) is 11.3 Å². The van der Waals surface area contributed by atoms with Crippen molar-refractivity contribution in [1.82, 2.24) is 9.78 Å². The van der Waals surface area contributed by atoms with Crippen LogP contribution in [0.2, 0.25) is 0 Å². The molecule has 21 heavy (non-hydrogen) atoms. The summed E-state index contributed by atoms with van der Waals surface area (Å²) in [5, 5.41) is 4.93. The SMILES string of the molecule is CC(C)c1ccc2c(=O)c(CC(N)=O)nn(C(C)C)c2c1.[HH]. The van der Waals surface area contributed by atoms with E-state index in [2.05, 4.69) is 18.9 Å². The van der Waals surface area contributed by atoms with Crippen molar-refractivity contribution < 1.29 is 6.22 Å². The zero-order valence-corrected chi connectivity index (χ0v) is 12.9. The van der Waals surface area contributed by atoms with Gasteiger partial charge in [-0.2, -0.15) is 5.10 Å². The summed E-state index contributed by atoms with van der Waals surface area (Å²) in [6.07, 6.45) is -0.132. The van der Waals surface area contributed by atoms with Crippen molar-refractivity contribution in [3.05, 3.63) is 39.7 Å². The number of benzene rings is 1. The van der Waals surface area contributed by atoms with Gasteiger partial charge in [-0.3, -0.25) is 14.3 Å². The number of aromatic nitrogens is 2. The molecule has 0 aliphatic rings. The van der Waals surface area contributed by atoms with Gasteiger partial charge in [-0.25, -0.2) is 0 Å². The summed E-state index contributed by atoms with van der Waals surface area (Å²) in [6, 6.07) is 5.86. The Morgan fingerprint density at radius 3 is 2.52 bits per heavy atom. The van der Waals surface area contributed by atoms with Gasteiger partial charge in [-0.1, -0.05) is 19.9 Å². The first-order valence-corrected chi connectivity index (χ1v) is 7.15. The quantitative estimate of drug-likeness (QED) is 0.938. The van der Waals surface area contributed by atoms with Crippen LogP contribution in [-0.2, 0) is 11.2 Å². The van der Waals surface area contributed by atoms with Crippen LogP contribution in [0, 0.1) is 0 Å². The summed E-state index contributed by atoms with van der Waals surface area (Å²) in [5.41, 5.74) is 7.15. The number of nitrogens with two attached hydrogens (primary N) is 1. The number of primary amides is 1. The average Bonchev–Trinajstić information content (AvgIpc) is 2.40. The summed E-state index contributed by atoms with van der Waals surface area (Å²) in [7, 11) is 0. The fourth-order valence-corrected chi connectivity index (χ4v) is 2.35. The van der Waals surface area contributed by atoms with E-state index < -0.39 is 5.91 Å². The van der Waals surface area contributed by atoms with Gasteiger partial charge in [0.2, 0.25) is 11.3 Å². The first-order valence-electron chi connectivity index (χ1n) is 7.15. The second kappa shape index (κ2) is 5.68. The van der Waals surface area contributed by atoms with E-state index in [1.54, 1.807) is 4.68 Å². The zero-order chi connectivity index (χ0) is 15.7. The molecule has 0 bridgehead atoms. The zero-order valence-electron chi connectivity index (χ0n) is 12.9. The number of fused-ring (bicyclic) bond motifs is 1. The summed E-state index contributed by atoms with van der Waals surface area (Å²) in [5.74, 6) is -0.177. The molecule has 0 atom stereocenters. The van der Waals surface area contributed by atoms with Crippen LogP contribution in [0.3, 0.4) is 0 Å². The maximum absolute atomic E-state index is 12.4. The highest BCUT2D eigenvalue weighted by Gasteiger charge is 2.15. The van der Waals surface area contributed by atoms with Crippen LogP contribution in [-0.4, -0.2) is 15.7 Å². The van der Waals surface area contributed by atoms with Crippen LogP contribution in [0.1, 0.15) is 52.3 Å². The highest BCUT2D eigenvalue weighted by atomic mass is 16.1.